The number of benzene rings is 1. The number of nitrogens with one attached hydrogen (secondary N) is 2. The summed E-state index contributed by atoms with van der Waals surface area (Å²) in [5, 5.41) is 18.4. The number of aryl methyl sites for hydroxylation is 1. The van der Waals surface area contributed by atoms with Crippen molar-refractivity contribution in [3.63, 3.8) is 0 Å². The molecule has 0 saturated carbocycles. The zero-order valence-electron chi connectivity index (χ0n) is 17.3. The van der Waals surface area contributed by atoms with Crippen LogP contribution in [-0.2, 0) is 12.8 Å². The highest BCUT2D eigenvalue weighted by Crippen LogP contribution is 2.30. The minimum absolute atomic E-state index is 0.0470. The molecule has 164 valence electrons. The van der Waals surface area contributed by atoms with Crippen molar-refractivity contribution in [3.05, 3.63) is 71.6 Å². The van der Waals surface area contributed by atoms with Gasteiger partial charge in [0.25, 0.3) is 0 Å². The topological polar surface area (TPSA) is 121 Å². The molecule has 4 heterocycles. The molecule has 0 aliphatic heterocycles. The zero-order chi connectivity index (χ0) is 22.5. The summed E-state index contributed by atoms with van der Waals surface area (Å²) < 4.78 is 15.2. The smallest absolute Gasteiger partial charge is 0.341 e. The van der Waals surface area contributed by atoms with Crippen LogP contribution in [0.1, 0.15) is 28.0 Å². The van der Waals surface area contributed by atoms with Gasteiger partial charge in [-0.15, -0.1) is 0 Å². The molecule has 6 rings (SSSR count). The minimum Gasteiger partial charge on any atom is -0.477 e. The first-order valence-corrected chi connectivity index (χ1v) is 10.5. The molecule has 4 aromatic heterocycles. The van der Waals surface area contributed by atoms with Gasteiger partial charge in [0.05, 0.1) is 12.4 Å². The second-order valence-corrected chi connectivity index (χ2v) is 8.07. The van der Waals surface area contributed by atoms with Gasteiger partial charge in [0.1, 0.15) is 11.4 Å². The maximum absolute atomic E-state index is 13.8. The third-order valence-electron chi connectivity index (χ3n) is 5.99. The number of carboxylic acids is 1. The van der Waals surface area contributed by atoms with E-state index in [1.54, 1.807) is 0 Å². The fourth-order valence-corrected chi connectivity index (χ4v) is 4.46. The normalized spacial score (nSPS) is 15.6. The van der Waals surface area contributed by atoms with Crippen LogP contribution < -0.4 is 5.32 Å². The second kappa shape index (κ2) is 7.37. The minimum atomic E-state index is -1.15. The van der Waals surface area contributed by atoms with Gasteiger partial charge in [-0.2, -0.15) is 14.6 Å². The van der Waals surface area contributed by atoms with Gasteiger partial charge >= 0.3 is 5.97 Å². The number of rotatable bonds is 4. The first-order valence-electron chi connectivity index (χ1n) is 10.5. The Kier molecular flexibility index (Phi) is 4.32. The van der Waals surface area contributed by atoms with Crippen LogP contribution >= 0.6 is 0 Å². The highest BCUT2D eigenvalue weighted by molar-refractivity contribution is 5.94. The lowest BCUT2D eigenvalue weighted by Gasteiger charge is -2.24. The number of para-hydroxylation sites is 1. The summed E-state index contributed by atoms with van der Waals surface area (Å²) in [4.78, 5) is 28.0. The average molecular weight is 443 g/mol. The molecule has 33 heavy (non-hydrogen) atoms. The van der Waals surface area contributed by atoms with Gasteiger partial charge in [0.15, 0.2) is 11.5 Å². The number of H-pyrrole nitrogens is 1. The average Bonchev–Trinajstić information content (AvgIpc) is 3.41. The summed E-state index contributed by atoms with van der Waals surface area (Å²) in [5.74, 6) is -1.17. The largest absolute Gasteiger partial charge is 0.477 e. The van der Waals surface area contributed by atoms with Crippen LogP contribution in [0.2, 0.25) is 0 Å². The number of aromatic nitrogens is 6. The summed E-state index contributed by atoms with van der Waals surface area (Å²) in [6.07, 6.45) is 6.27. The lowest BCUT2D eigenvalue weighted by atomic mass is 9.91. The molecule has 3 N–H and O–H groups in total. The highest BCUT2D eigenvalue weighted by Gasteiger charge is 2.25. The first kappa shape index (κ1) is 19.4. The number of pyridine rings is 1. The molecule has 0 saturated heterocycles. The Labute approximate surface area is 186 Å². The molecule has 0 radical (unpaired) electrons. The number of hydrogen-bond acceptors (Lipinski definition) is 6. The Hall–Kier alpha value is -4.34. The van der Waals surface area contributed by atoms with E-state index in [1.807, 2.05) is 12.1 Å². The van der Waals surface area contributed by atoms with Crippen LogP contribution in [0.25, 0.3) is 27.9 Å². The van der Waals surface area contributed by atoms with E-state index >= 15 is 0 Å². The number of aromatic amines is 1. The monoisotopic (exact) mass is 443 g/mol. The van der Waals surface area contributed by atoms with Crippen LogP contribution in [-0.4, -0.2) is 46.7 Å². The molecule has 5 aromatic rings. The molecule has 9 nitrogen and oxygen atoms in total. The van der Waals surface area contributed by atoms with E-state index in [1.165, 1.54) is 39.6 Å². The number of hydrogen-bond donors (Lipinski definition) is 3. The second-order valence-electron chi connectivity index (χ2n) is 8.07. The van der Waals surface area contributed by atoms with E-state index in [4.69, 9.17) is 0 Å². The zero-order valence-corrected chi connectivity index (χ0v) is 17.3. The van der Waals surface area contributed by atoms with E-state index in [2.05, 4.69) is 42.5 Å². The Bertz CT molecular complexity index is 1540. The molecule has 1 aromatic carbocycles. The molecule has 1 aliphatic carbocycles. The van der Waals surface area contributed by atoms with Gasteiger partial charge in [-0.3, -0.25) is 4.98 Å². The SMILES string of the molecule is O=C(O)c1cnn2c(NC3CCc4[nH]c5ccccc5c4C3)nc(-c3cncc(F)c3)nc12. The lowest BCUT2D eigenvalue weighted by Crippen LogP contribution is -2.29. The number of halogens is 1. The third kappa shape index (κ3) is 3.27. The predicted molar refractivity (Wildman–Crippen MR) is 119 cm³/mol. The van der Waals surface area contributed by atoms with Crippen molar-refractivity contribution in [1.29, 1.82) is 0 Å². The van der Waals surface area contributed by atoms with Crippen molar-refractivity contribution in [2.75, 3.05) is 5.32 Å². The van der Waals surface area contributed by atoms with Crippen LogP contribution in [0.5, 0.6) is 0 Å². The van der Waals surface area contributed by atoms with Crippen molar-refractivity contribution in [2.24, 2.45) is 0 Å². The van der Waals surface area contributed by atoms with E-state index in [-0.39, 0.29) is 23.1 Å². The first-order chi connectivity index (χ1) is 16.1. The summed E-state index contributed by atoms with van der Waals surface area (Å²) in [6.45, 7) is 0. The molecular weight excluding hydrogens is 425 g/mol. The molecule has 0 amide bonds. The molecule has 1 aliphatic rings. The van der Waals surface area contributed by atoms with Gasteiger partial charge in [0, 0.05) is 34.4 Å². The van der Waals surface area contributed by atoms with E-state index in [0.717, 1.165) is 31.0 Å². The molecule has 1 atom stereocenters. The molecule has 0 spiro atoms. The number of fused-ring (bicyclic) bond motifs is 4. The van der Waals surface area contributed by atoms with Gasteiger partial charge in [-0.05, 0) is 37.0 Å². The summed E-state index contributed by atoms with van der Waals surface area (Å²) in [7, 11) is 0. The van der Waals surface area contributed by atoms with Crippen molar-refractivity contribution in [3.8, 4) is 11.4 Å². The van der Waals surface area contributed by atoms with Crippen LogP contribution in [0.15, 0.2) is 48.9 Å². The maximum Gasteiger partial charge on any atom is 0.341 e. The van der Waals surface area contributed by atoms with Crippen molar-refractivity contribution >= 4 is 28.5 Å². The Morgan fingerprint density at radius 1 is 1.21 bits per heavy atom. The Morgan fingerprint density at radius 2 is 2.09 bits per heavy atom. The maximum atomic E-state index is 13.8. The molecular formula is C23H18FN7O2. The van der Waals surface area contributed by atoms with Gasteiger partial charge in [-0.1, -0.05) is 18.2 Å². The number of carbonyl (C=O) groups is 1. The van der Waals surface area contributed by atoms with Crippen LogP contribution in [0, 0.1) is 5.82 Å². The van der Waals surface area contributed by atoms with Crippen LogP contribution in [0.3, 0.4) is 0 Å². The standard InChI is InChI=1S/C23H18FN7O2/c24-13-7-12(9-25-10-13)20-29-21-17(22(32)33)11-26-31(21)23(30-20)27-14-5-6-19-16(8-14)15-3-1-2-4-18(15)28-19/h1-4,7,9-11,14,28H,5-6,8H2,(H,32,33)(H,27,29,30). The third-order valence-corrected chi connectivity index (χ3v) is 5.99. The molecule has 1 unspecified atom stereocenters. The summed E-state index contributed by atoms with van der Waals surface area (Å²) in [6, 6.07) is 9.53. The summed E-state index contributed by atoms with van der Waals surface area (Å²) >= 11 is 0. The number of aromatic carboxylic acids is 1. The molecule has 0 fully saturated rings. The predicted octanol–water partition coefficient (Wildman–Crippen LogP) is 3.47. The van der Waals surface area contributed by atoms with Crippen molar-refractivity contribution in [2.45, 2.75) is 25.3 Å². The van der Waals surface area contributed by atoms with Crippen molar-refractivity contribution < 1.29 is 14.3 Å². The fourth-order valence-electron chi connectivity index (χ4n) is 4.46. The van der Waals surface area contributed by atoms with E-state index < -0.39 is 11.8 Å². The quantitative estimate of drug-likeness (QED) is 0.389. The fraction of sp³-hybridized carbons (Fsp3) is 0.174. The lowest BCUT2D eigenvalue weighted by molar-refractivity contribution is 0.0698. The number of anilines is 1. The van der Waals surface area contributed by atoms with Gasteiger partial charge < -0.3 is 15.4 Å². The Morgan fingerprint density at radius 3 is 2.94 bits per heavy atom. The van der Waals surface area contributed by atoms with Crippen LogP contribution in [0.4, 0.5) is 10.3 Å². The van der Waals surface area contributed by atoms with Crippen molar-refractivity contribution in [1.82, 2.24) is 29.5 Å². The van der Waals surface area contributed by atoms with E-state index in [0.29, 0.717) is 11.5 Å². The number of nitrogens with zero attached hydrogens (tertiary/aromatic N) is 5. The molecule has 0 bridgehead atoms. The number of carboxylic acid groups (broad SMARTS) is 1. The van der Waals surface area contributed by atoms with Gasteiger partial charge in [-0.25, -0.2) is 14.2 Å². The summed E-state index contributed by atoms with van der Waals surface area (Å²) in [5.41, 5.74) is 4.03. The Balaban J connectivity index is 1.42. The highest BCUT2D eigenvalue weighted by atomic mass is 19.1. The van der Waals surface area contributed by atoms with E-state index in [9.17, 15) is 14.3 Å². The molecule has 10 heteroatoms. The van der Waals surface area contributed by atoms with Gasteiger partial charge in [0.2, 0.25) is 5.95 Å².